The van der Waals surface area contributed by atoms with Crippen molar-refractivity contribution < 1.29 is 14.7 Å². The number of aliphatic carboxylic acids is 1. The Morgan fingerprint density at radius 3 is 2.62 bits per heavy atom. The van der Waals surface area contributed by atoms with Gasteiger partial charge in [0.25, 0.3) is 5.91 Å². The van der Waals surface area contributed by atoms with Crippen molar-refractivity contribution in [3.63, 3.8) is 0 Å². The van der Waals surface area contributed by atoms with Gasteiger partial charge in [0.1, 0.15) is 0 Å². The molecule has 0 unspecified atom stereocenters. The topological polar surface area (TPSA) is 66.4 Å². The molecule has 1 aliphatic carbocycles. The van der Waals surface area contributed by atoms with E-state index in [4.69, 9.17) is 5.11 Å². The Morgan fingerprint density at radius 1 is 1.29 bits per heavy atom. The lowest BCUT2D eigenvalue weighted by atomic mass is 9.86. The summed E-state index contributed by atoms with van der Waals surface area (Å²) in [7, 11) is 0. The van der Waals surface area contributed by atoms with Gasteiger partial charge in [-0.3, -0.25) is 9.59 Å². The number of rotatable bonds is 5. The summed E-state index contributed by atoms with van der Waals surface area (Å²) in [6, 6.07) is 7.77. The number of carbonyl (C=O) groups is 2. The first-order chi connectivity index (χ1) is 10.1. The maximum atomic E-state index is 12.3. The van der Waals surface area contributed by atoms with Crippen molar-refractivity contribution in [2.75, 3.05) is 6.26 Å². The van der Waals surface area contributed by atoms with Crippen LogP contribution in [0.5, 0.6) is 0 Å². The van der Waals surface area contributed by atoms with E-state index in [0.717, 1.165) is 24.2 Å². The van der Waals surface area contributed by atoms with E-state index >= 15 is 0 Å². The number of benzene rings is 1. The first kappa shape index (κ1) is 15.9. The number of hydrogen-bond acceptors (Lipinski definition) is 3. The predicted molar refractivity (Wildman–Crippen MR) is 84.5 cm³/mol. The van der Waals surface area contributed by atoms with Crippen LogP contribution < -0.4 is 5.32 Å². The summed E-state index contributed by atoms with van der Waals surface area (Å²) in [5.41, 5.74) is 1.83. The fourth-order valence-corrected chi connectivity index (χ4v) is 3.24. The molecular weight excluding hydrogens is 286 g/mol. The number of thioether (sulfide) groups is 1. The highest BCUT2D eigenvalue weighted by molar-refractivity contribution is 7.97. The van der Waals surface area contributed by atoms with Crippen molar-refractivity contribution in [3.05, 3.63) is 35.4 Å². The molecule has 1 saturated carbocycles. The summed E-state index contributed by atoms with van der Waals surface area (Å²) in [5.74, 6) is -0.130. The van der Waals surface area contributed by atoms with E-state index in [-0.39, 0.29) is 17.9 Å². The molecule has 0 aliphatic heterocycles. The molecule has 2 N–H and O–H groups in total. The maximum absolute atomic E-state index is 12.3. The van der Waals surface area contributed by atoms with Gasteiger partial charge in [-0.05, 0) is 49.6 Å². The number of carbonyl (C=O) groups excluding carboxylic acids is 1. The Balaban J connectivity index is 1.90. The van der Waals surface area contributed by atoms with Crippen molar-refractivity contribution in [3.8, 4) is 0 Å². The van der Waals surface area contributed by atoms with Crippen molar-refractivity contribution in [2.24, 2.45) is 5.92 Å². The van der Waals surface area contributed by atoms with Crippen LogP contribution in [0.3, 0.4) is 0 Å². The molecule has 0 bridgehead atoms. The molecule has 0 aromatic heterocycles. The second-order valence-corrected chi connectivity index (χ2v) is 6.36. The van der Waals surface area contributed by atoms with Crippen LogP contribution in [0.25, 0.3) is 0 Å². The van der Waals surface area contributed by atoms with E-state index in [9.17, 15) is 9.59 Å². The summed E-state index contributed by atoms with van der Waals surface area (Å²) in [6.07, 6.45) is 4.81. The zero-order chi connectivity index (χ0) is 15.2. The minimum absolute atomic E-state index is 0.0586. The van der Waals surface area contributed by atoms with Gasteiger partial charge in [-0.15, -0.1) is 0 Å². The summed E-state index contributed by atoms with van der Waals surface area (Å²) < 4.78 is 0. The van der Waals surface area contributed by atoms with Crippen LogP contribution in [0.15, 0.2) is 24.3 Å². The van der Waals surface area contributed by atoms with Crippen LogP contribution >= 0.6 is 11.8 Å². The fourth-order valence-electron chi connectivity index (χ4n) is 2.72. The molecule has 0 saturated heterocycles. The smallest absolute Gasteiger partial charge is 0.306 e. The van der Waals surface area contributed by atoms with Gasteiger partial charge in [-0.1, -0.05) is 12.1 Å². The zero-order valence-electron chi connectivity index (χ0n) is 12.2. The summed E-state index contributed by atoms with van der Waals surface area (Å²) in [6.45, 7) is 0. The Morgan fingerprint density at radius 2 is 2.00 bits per heavy atom. The van der Waals surface area contributed by atoms with Gasteiger partial charge in [0.05, 0.1) is 5.92 Å². The van der Waals surface area contributed by atoms with Gasteiger partial charge in [-0.25, -0.2) is 0 Å². The summed E-state index contributed by atoms with van der Waals surface area (Å²) >= 11 is 1.73. The molecule has 1 amide bonds. The highest BCUT2D eigenvalue weighted by Gasteiger charge is 2.26. The van der Waals surface area contributed by atoms with Crippen molar-refractivity contribution in [1.82, 2.24) is 5.32 Å². The molecule has 1 aliphatic rings. The lowest BCUT2D eigenvalue weighted by Crippen LogP contribution is -2.38. The second-order valence-electron chi connectivity index (χ2n) is 5.49. The Kier molecular flexibility index (Phi) is 5.67. The number of carboxylic acid groups (broad SMARTS) is 1. The molecule has 1 fully saturated rings. The standard InChI is InChI=1S/C16H21NO3S/c1-21-10-11-3-2-4-13(9-11)15(18)17-14-7-5-12(6-8-14)16(19)20/h2-4,9,12,14H,5-8,10H2,1H3,(H,17,18)(H,19,20). The van der Waals surface area contributed by atoms with E-state index in [0.29, 0.717) is 18.4 Å². The predicted octanol–water partition coefficient (Wildman–Crippen LogP) is 2.92. The van der Waals surface area contributed by atoms with E-state index in [1.54, 1.807) is 11.8 Å². The van der Waals surface area contributed by atoms with Crippen LogP contribution in [0, 0.1) is 5.92 Å². The first-order valence-corrected chi connectivity index (χ1v) is 8.61. The third-order valence-electron chi connectivity index (χ3n) is 3.91. The van der Waals surface area contributed by atoms with Gasteiger partial charge in [0.15, 0.2) is 0 Å². The molecule has 1 aromatic carbocycles. The minimum atomic E-state index is -0.718. The quantitative estimate of drug-likeness (QED) is 0.878. The Labute approximate surface area is 129 Å². The lowest BCUT2D eigenvalue weighted by molar-refractivity contribution is -0.142. The SMILES string of the molecule is CSCc1cccc(C(=O)NC2CCC(C(=O)O)CC2)c1. The third-order valence-corrected chi connectivity index (χ3v) is 4.53. The van der Waals surface area contributed by atoms with E-state index in [1.165, 1.54) is 0 Å². The van der Waals surface area contributed by atoms with Crippen molar-refractivity contribution in [2.45, 2.75) is 37.5 Å². The molecule has 5 heteroatoms. The van der Waals surface area contributed by atoms with Crippen LogP contribution in [0.4, 0.5) is 0 Å². The Hall–Kier alpha value is -1.49. The van der Waals surface area contributed by atoms with Crippen LogP contribution in [-0.2, 0) is 10.5 Å². The molecule has 21 heavy (non-hydrogen) atoms. The molecular formula is C16H21NO3S. The van der Waals surface area contributed by atoms with Gasteiger partial charge >= 0.3 is 5.97 Å². The van der Waals surface area contributed by atoms with Gasteiger partial charge in [0.2, 0.25) is 0 Å². The zero-order valence-corrected chi connectivity index (χ0v) is 13.0. The average molecular weight is 307 g/mol. The third kappa shape index (κ3) is 4.49. The summed E-state index contributed by atoms with van der Waals surface area (Å²) in [4.78, 5) is 23.2. The Bertz CT molecular complexity index is 510. The van der Waals surface area contributed by atoms with E-state index in [1.807, 2.05) is 30.5 Å². The molecule has 0 radical (unpaired) electrons. The largest absolute Gasteiger partial charge is 0.481 e. The molecule has 4 nitrogen and oxygen atoms in total. The molecule has 0 spiro atoms. The maximum Gasteiger partial charge on any atom is 0.306 e. The number of amides is 1. The molecule has 1 aromatic rings. The van der Waals surface area contributed by atoms with Crippen LogP contribution in [-0.4, -0.2) is 29.3 Å². The monoisotopic (exact) mass is 307 g/mol. The first-order valence-electron chi connectivity index (χ1n) is 7.21. The molecule has 114 valence electrons. The minimum Gasteiger partial charge on any atom is -0.481 e. The van der Waals surface area contributed by atoms with Crippen LogP contribution in [0.1, 0.15) is 41.6 Å². The highest BCUT2D eigenvalue weighted by Crippen LogP contribution is 2.24. The number of nitrogens with one attached hydrogen (secondary N) is 1. The van der Waals surface area contributed by atoms with Gasteiger partial charge in [-0.2, -0.15) is 11.8 Å². The fraction of sp³-hybridized carbons (Fsp3) is 0.500. The van der Waals surface area contributed by atoms with Crippen molar-refractivity contribution >= 4 is 23.6 Å². The second kappa shape index (κ2) is 7.50. The lowest BCUT2D eigenvalue weighted by Gasteiger charge is -2.26. The van der Waals surface area contributed by atoms with E-state index < -0.39 is 5.97 Å². The number of carboxylic acids is 1. The van der Waals surface area contributed by atoms with Crippen LogP contribution in [0.2, 0.25) is 0 Å². The highest BCUT2D eigenvalue weighted by atomic mass is 32.2. The number of hydrogen-bond donors (Lipinski definition) is 2. The van der Waals surface area contributed by atoms with Crippen molar-refractivity contribution in [1.29, 1.82) is 0 Å². The van der Waals surface area contributed by atoms with Gasteiger partial charge in [0, 0.05) is 17.4 Å². The molecule has 0 heterocycles. The summed E-state index contributed by atoms with van der Waals surface area (Å²) in [5, 5.41) is 12.0. The average Bonchev–Trinajstić information content (AvgIpc) is 2.48. The molecule has 2 rings (SSSR count). The normalized spacial score (nSPS) is 21.8. The van der Waals surface area contributed by atoms with Gasteiger partial charge < -0.3 is 10.4 Å². The van der Waals surface area contributed by atoms with E-state index in [2.05, 4.69) is 5.32 Å². The molecule has 0 atom stereocenters.